The fourth-order valence-electron chi connectivity index (χ4n) is 7.12. The van der Waals surface area contributed by atoms with Gasteiger partial charge >= 0.3 is 0 Å². The van der Waals surface area contributed by atoms with E-state index in [1.807, 2.05) is 72.8 Å². The van der Waals surface area contributed by atoms with Gasteiger partial charge in [-0.1, -0.05) is 66.7 Å². The summed E-state index contributed by atoms with van der Waals surface area (Å²) < 4.78 is 8.64. The van der Waals surface area contributed by atoms with Crippen molar-refractivity contribution in [2.45, 2.75) is 0 Å². The summed E-state index contributed by atoms with van der Waals surface area (Å²) in [5, 5.41) is 33.4. The molecule has 0 saturated heterocycles. The molecule has 5 heteroatoms. The number of aromatic nitrogens is 1. The maximum absolute atomic E-state index is 10.3. The van der Waals surface area contributed by atoms with Crippen molar-refractivity contribution in [3.05, 3.63) is 162 Å². The largest absolute Gasteiger partial charge is 0.455 e. The van der Waals surface area contributed by atoms with Gasteiger partial charge in [0.15, 0.2) is 0 Å². The van der Waals surface area contributed by atoms with Crippen LogP contribution in [0.15, 0.2) is 150 Å². The van der Waals surface area contributed by atoms with Crippen LogP contribution in [0.3, 0.4) is 0 Å². The van der Waals surface area contributed by atoms with Gasteiger partial charge in [0, 0.05) is 32.8 Å². The Bertz CT molecular complexity index is 2890. The Morgan fingerprint density at radius 2 is 1.06 bits per heavy atom. The van der Waals surface area contributed by atoms with Gasteiger partial charge in [-0.15, -0.1) is 0 Å². The highest BCUT2D eigenvalue weighted by molar-refractivity contribution is 6.12. The van der Waals surface area contributed by atoms with Crippen LogP contribution in [0.1, 0.15) is 16.7 Å². The molecule has 0 bridgehead atoms. The number of benzene rings is 7. The minimum atomic E-state index is 0.513. The highest BCUT2D eigenvalue weighted by Gasteiger charge is 2.19. The van der Waals surface area contributed by atoms with Crippen molar-refractivity contribution in [2.75, 3.05) is 0 Å². The van der Waals surface area contributed by atoms with Gasteiger partial charge in [0.25, 0.3) is 0 Å². The molecule has 0 N–H and O–H groups in total. The average molecular weight is 637 g/mol. The van der Waals surface area contributed by atoms with Crippen LogP contribution in [0.2, 0.25) is 0 Å². The first kappa shape index (κ1) is 28.8. The van der Waals surface area contributed by atoms with Gasteiger partial charge in [-0.3, -0.25) is 0 Å². The third kappa shape index (κ3) is 4.61. The predicted octanol–water partition coefficient (Wildman–Crippen LogP) is 11.3. The second-order valence-electron chi connectivity index (χ2n) is 12.3. The molecule has 0 unspecified atom stereocenters. The van der Waals surface area contributed by atoms with E-state index in [0.717, 1.165) is 82.8 Å². The SMILES string of the molecule is N#Cc1cc(-c2cc(-c3cccc(-c4ccccc4)c3)c3oc4ccccc4c3c2)cc(-n2c3ccc(C#N)cc3c3cc(C#N)ccc32)c1. The number of nitriles is 3. The summed E-state index contributed by atoms with van der Waals surface area (Å²) in [7, 11) is 0. The van der Waals surface area contributed by atoms with Crippen molar-refractivity contribution in [1.82, 2.24) is 4.57 Å². The second kappa shape index (κ2) is 11.4. The van der Waals surface area contributed by atoms with E-state index in [4.69, 9.17) is 4.42 Å². The summed E-state index contributed by atoms with van der Waals surface area (Å²) in [6.45, 7) is 0. The number of rotatable bonds is 4. The topological polar surface area (TPSA) is 89.4 Å². The van der Waals surface area contributed by atoms with Crippen molar-refractivity contribution in [1.29, 1.82) is 15.8 Å². The Hall–Kier alpha value is -7.39. The number of furan rings is 1. The fraction of sp³-hybridized carbons (Fsp3) is 0. The molecule has 230 valence electrons. The van der Waals surface area contributed by atoms with E-state index in [1.165, 1.54) is 0 Å². The first-order chi connectivity index (χ1) is 24.6. The van der Waals surface area contributed by atoms with Gasteiger partial charge < -0.3 is 8.98 Å². The predicted molar refractivity (Wildman–Crippen MR) is 199 cm³/mol. The van der Waals surface area contributed by atoms with Gasteiger partial charge in [-0.05, 0) is 107 Å². The summed E-state index contributed by atoms with van der Waals surface area (Å²) in [6, 6.07) is 55.1. The molecule has 0 radical (unpaired) electrons. The van der Waals surface area contributed by atoms with Crippen LogP contribution < -0.4 is 0 Å². The Morgan fingerprint density at radius 1 is 0.420 bits per heavy atom. The molecule has 0 atom stereocenters. The highest BCUT2D eigenvalue weighted by atomic mass is 16.3. The third-order valence-corrected chi connectivity index (χ3v) is 9.42. The number of fused-ring (bicyclic) bond motifs is 6. The Labute approximate surface area is 287 Å². The summed E-state index contributed by atoms with van der Waals surface area (Å²) in [6.07, 6.45) is 0. The molecular weight excluding hydrogens is 613 g/mol. The van der Waals surface area contributed by atoms with E-state index in [-0.39, 0.29) is 0 Å². The molecule has 50 heavy (non-hydrogen) atoms. The molecule has 2 heterocycles. The summed E-state index contributed by atoms with van der Waals surface area (Å²) >= 11 is 0. The van der Waals surface area contributed by atoms with Crippen LogP contribution >= 0.6 is 0 Å². The minimum absolute atomic E-state index is 0.513. The summed E-state index contributed by atoms with van der Waals surface area (Å²) in [5.74, 6) is 0. The van der Waals surface area contributed by atoms with Crippen LogP contribution in [-0.4, -0.2) is 4.57 Å². The zero-order valence-corrected chi connectivity index (χ0v) is 26.6. The van der Waals surface area contributed by atoms with Crippen molar-refractivity contribution in [2.24, 2.45) is 0 Å². The van der Waals surface area contributed by atoms with Gasteiger partial charge in [-0.2, -0.15) is 15.8 Å². The molecule has 9 aromatic rings. The zero-order valence-electron chi connectivity index (χ0n) is 26.6. The minimum Gasteiger partial charge on any atom is -0.455 e. The quantitative estimate of drug-likeness (QED) is 0.192. The van der Waals surface area contributed by atoms with Crippen LogP contribution in [-0.2, 0) is 0 Å². The maximum Gasteiger partial charge on any atom is 0.143 e. The lowest BCUT2D eigenvalue weighted by Gasteiger charge is -2.13. The van der Waals surface area contributed by atoms with Crippen molar-refractivity contribution < 1.29 is 4.42 Å². The van der Waals surface area contributed by atoms with Gasteiger partial charge in [0.05, 0.1) is 45.9 Å². The molecule has 0 spiro atoms. The Kier molecular flexibility index (Phi) is 6.56. The van der Waals surface area contributed by atoms with E-state index in [2.05, 4.69) is 83.4 Å². The second-order valence-corrected chi connectivity index (χ2v) is 12.3. The number of hydrogen-bond acceptors (Lipinski definition) is 4. The monoisotopic (exact) mass is 636 g/mol. The molecule has 9 rings (SSSR count). The van der Waals surface area contributed by atoms with Crippen molar-refractivity contribution in [3.63, 3.8) is 0 Å². The van der Waals surface area contributed by atoms with Crippen LogP contribution in [0.25, 0.3) is 82.8 Å². The zero-order chi connectivity index (χ0) is 33.8. The lowest BCUT2D eigenvalue weighted by atomic mass is 9.93. The third-order valence-electron chi connectivity index (χ3n) is 9.42. The number of nitrogens with zero attached hydrogens (tertiary/aromatic N) is 4. The fourth-order valence-corrected chi connectivity index (χ4v) is 7.12. The molecule has 2 aromatic heterocycles. The first-order valence-electron chi connectivity index (χ1n) is 16.2. The normalized spacial score (nSPS) is 11.1. The van der Waals surface area contributed by atoms with E-state index >= 15 is 0 Å². The Morgan fingerprint density at radius 3 is 1.78 bits per heavy atom. The molecular formula is C45H24N4O. The molecule has 0 aliphatic heterocycles. The molecule has 0 aliphatic rings. The van der Waals surface area contributed by atoms with Gasteiger partial charge in [0.1, 0.15) is 11.2 Å². The lowest BCUT2D eigenvalue weighted by Crippen LogP contribution is -1.96. The lowest BCUT2D eigenvalue weighted by molar-refractivity contribution is 0.670. The number of hydrogen-bond donors (Lipinski definition) is 0. The Balaban J connectivity index is 1.31. The van der Waals surface area contributed by atoms with Gasteiger partial charge in [-0.25, -0.2) is 0 Å². The van der Waals surface area contributed by atoms with E-state index in [9.17, 15) is 15.8 Å². The van der Waals surface area contributed by atoms with Gasteiger partial charge in [0.2, 0.25) is 0 Å². The van der Waals surface area contributed by atoms with Crippen molar-refractivity contribution in [3.8, 4) is 57.3 Å². The summed E-state index contributed by atoms with van der Waals surface area (Å²) in [4.78, 5) is 0. The van der Waals surface area contributed by atoms with Crippen LogP contribution in [0.5, 0.6) is 0 Å². The molecule has 0 saturated carbocycles. The maximum atomic E-state index is 10.3. The number of para-hydroxylation sites is 1. The van der Waals surface area contributed by atoms with E-state index in [0.29, 0.717) is 16.7 Å². The van der Waals surface area contributed by atoms with E-state index in [1.54, 1.807) is 12.1 Å². The van der Waals surface area contributed by atoms with Crippen LogP contribution in [0.4, 0.5) is 0 Å². The summed E-state index contributed by atoms with van der Waals surface area (Å²) in [5.41, 5.74) is 11.8. The molecule has 0 fully saturated rings. The molecule has 7 aromatic carbocycles. The molecule has 0 amide bonds. The van der Waals surface area contributed by atoms with Crippen LogP contribution in [0, 0.1) is 34.0 Å². The standard InChI is InChI=1S/C45H24N4O/c46-25-28-13-15-42-39(19-28)40-20-29(26-47)14-16-43(40)49(42)36-18-30(27-48)17-34(22-36)35-23-38(45-41(24-35)37-11-4-5-12-44(37)50-45)33-10-6-9-32(21-33)31-7-2-1-3-8-31/h1-24H. The molecule has 0 aliphatic carbocycles. The smallest absolute Gasteiger partial charge is 0.143 e. The molecule has 5 nitrogen and oxygen atoms in total. The average Bonchev–Trinajstić information content (AvgIpc) is 3.72. The highest BCUT2D eigenvalue weighted by Crippen LogP contribution is 2.41. The van der Waals surface area contributed by atoms with Crippen molar-refractivity contribution >= 4 is 43.7 Å². The van der Waals surface area contributed by atoms with E-state index < -0.39 is 0 Å². The first-order valence-corrected chi connectivity index (χ1v) is 16.2.